The largest absolute Gasteiger partial charge is 0.355 e. The number of aryl methyl sites for hydroxylation is 1. The molecule has 3 nitrogen and oxygen atoms in total. The third-order valence-electron chi connectivity index (χ3n) is 3.63. The minimum Gasteiger partial charge on any atom is -0.355 e. The molecule has 1 aromatic heterocycles. The van der Waals surface area contributed by atoms with Crippen LogP contribution in [0.15, 0.2) is 0 Å². The molecular weight excluding hydrogens is 230 g/mol. The number of rotatable bonds is 2. The minimum atomic E-state index is 0.646. The molecule has 0 unspecified atom stereocenters. The summed E-state index contributed by atoms with van der Waals surface area (Å²) in [4.78, 5) is 11.9. The van der Waals surface area contributed by atoms with E-state index in [1.165, 1.54) is 35.7 Å². The van der Waals surface area contributed by atoms with Crippen molar-refractivity contribution in [2.75, 3.05) is 29.5 Å². The van der Waals surface area contributed by atoms with Gasteiger partial charge in [0, 0.05) is 41.8 Å². The van der Waals surface area contributed by atoms with E-state index in [4.69, 9.17) is 4.98 Å². The highest BCUT2D eigenvalue weighted by molar-refractivity contribution is 7.99. The van der Waals surface area contributed by atoms with Crippen molar-refractivity contribution in [3.8, 4) is 0 Å². The molecule has 2 heterocycles. The summed E-state index contributed by atoms with van der Waals surface area (Å²) in [5.41, 5.74) is 2.43. The number of nitrogens with zero attached hydrogens (tertiary/aromatic N) is 3. The van der Waals surface area contributed by atoms with Crippen LogP contribution in [0, 0.1) is 13.8 Å². The van der Waals surface area contributed by atoms with Crippen molar-refractivity contribution in [2.45, 2.75) is 32.6 Å². The van der Waals surface area contributed by atoms with Crippen molar-refractivity contribution in [3.63, 3.8) is 0 Å². The van der Waals surface area contributed by atoms with Crippen LogP contribution in [0.1, 0.15) is 35.8 Å². The third kappa shape index (κ3) is 2.28. The minimum absolute atomic E-state index is 0.646. The SMILES string of the molecule is Cc1nc(C2CC2)nc(N2CCSCC2)c1C. The van der Waals surface area contributed by atoms with Gasteiger partial charge in [-0.25, -0.2) is 9.97 Å². The quantitative estimate of drug-likeness (QED) is 0.805. The Morgan fingerprint density at radius 1 is 1.12 bits per heavy atom. The zero-order valence-electron chi connectivity index (χ0n) is 10.6. The summed E-state index contributed by atoms with van der Waals surface area (Å²) in [7, 11) is 0. The first-order chi connectivity index (χ1) is 8.25. The topological polar surface area (TPSA) is 29.0 Å². The van der Waals surface area contributed by atoms with Gasteiger partial charge in [0.15, 0.2) is 0 Å². The first-order valence-corrected chi connectivity index (χ1v) is 7.59. The van der Waals surface area contributed by atoms with E-state index in [2.05, 4.69) is 23.7 Å². The average molecular weight is 249 g/mol. The molecule has 1 saturated heterocycles. The fourth-order valence-corrected chi connectivity index (χ4v) is 3.15. The maximum absolute atomic E-state index is 4.82. The number of aromatic nitrogens is 2. The Morgan fingerprint density at radius 2 is 1.82 bits per heavy atom. The highest BCUT2D eigenvalue weighted by atomic mass is 32.2. The van der Waals surface area contributed by atoms with Crippen molar-refractivity contribution in [3.05, 3.63) is 17.1 Å². The smallest absolute Gasteiger partial charge is 0.135 e. The molecule has 1 aromatic rings. The van der Waals surface area contributed by atoms with Crippen LogP contribution >= 0.6 is 11.8 Å². The standard InChI is InChI=1S/C13H19N3S/c1-9-10(2)14-12(11-3-4-11)15-13(9)16-5-7-17-8-6-16/h11H,3-8H2,1-2H3. The lowest BCUT2D eigenvalue weighted by molar-refractivity contribution is 0.800. The second kappa shape index (κ2) is 4.48. The molecule has 0 N–H and O–H groups in total. The van der Waals surface area contributed by atoms with Gasteiger partial charge in [0.05, 0.1) is 0 Å². The zero-order valence-corrected chi connectivity index (χ0v) is 11.4. The molecular formula is C13H19N3S. The van der Waals surface area contributed by atoms with E-state index in [0.29, 0.717) is 5.92 Å². The van der Waals surface area contributed by atoms with Crippen LogP contribution < -0.4 is 4.90 Å². The predicted molar refractivity (Wildman–Crippen MR) is 73.0 cm³/mol. The molecule has 92 valence electrons. The molecule has 3 rings (SSSR count). The van der Waals surface area contributed by atoms with Crippen molar-refractivity contribution in [1.29, 1.82) is 0 Å². The van der Waals surface area contributed by atoms with Crippen LogP contribution in [-0.2, 0) is 0 Å². The van der Waals surface area contributed by atoms with E-state index in [1.807, 2.05) is 11.8 Å². The Kier molecular flexibility index (Phi) is 2.99. The summed E-state index contributed by atoms with van der Waals surface area (Å²) in [6, 6.07) is 0. The Balaban J connectivity index is 1.95. The normalized spacial score (nSPS) is 20.7. The van der Waals surface area contributed by atoms with E-state index in [9.17, 15) is 0 Å². The van der Waals surface area contributed by atoms with Crippen molar-refractivity contribution < 1.29 is 0 Å². The summed E-state index contributed by atoms with van der Waals surface area (Å²) in [6.45, 7) is 6.53. The molecule has 4 heteroatoms. The van der Waals surface area contributed by atoms with E-state index in [1.54, 1.807) is 0 Å². The van der Waals surface area contributed by atoms with Gasteiger partial charge in [0.2, 0.25) is 0 Å². The monoisotopic (exact) mass is 249 g/mol. The highest BCUT2D eigenvalue weighted by Gasteiger charge is 2.28. The van der Waals surface area contributed by atoms with Crippen LogP contribution in [0.4, 0.5) is 5.82 Å². The molecule has 2 aliphatic rings. The lowest BCUT2D eigenvalue weighted by Crippen LogP contribution is -2.34. The first kappa shape index (κ1) is 11.3. The molecule has 1 saturated carbocycles. The maximum Gasteiger partial charge on any atom is 0.135 e. The van der Waals surface area contributed by atoms with Crippen molar-refractivity contribution in [2.24, 2.45) is 0 Å². The fourth-order valence-electron chi connectivity index (χ4n) is 2.24. The molecule has 2 fully saturated rings. The van der Waals surface area contributed by atoms with Gasteiger partial charge in [-0.15, -0.1) is 0 Å². The maximum atomic E-state index is 4.82. The summed E-state index contributed by atoms with van der Waals surface area (Å²) in [5.74, 6) is 5.37. The second-order valence-corrected chi connectivity index (χ2v) is 6.21. The lowest BCUT2D eigenvalue weighted by atomic mass is 10.2. The fraction of sp³-hybridized carbons (Fsp3) is 0.692. The van der Waals surface area contributed by atoms with Gasteiger partial charge in [0.1, 0.15) is 11.6 Å². The van der Waals surface area contributed by atoms with Crippen LogP contribution in [0.25, 0.3) is 0 Å². The summed E-state index contributed by atoms with van der Waals surface area (Å²) < 4.78 is 0. The molecule has 0 amide bonds. The molecule has 1 aliphatic heterocycles. The number of anilines is 1. The lowest BCUT2D eigenvalue weighted by Gasteiger charge is -2.29. The van der Waals surface area contributed by atoms with E-state index in [-0.39, 0.29) is 0 Å². The Labute approximate surface area is 107 Å². The highest BCUT2D eigenvalue weighted by Crippen LogP contribution is 2.39. The van der Waals surface area contributed by atoms with Crippen LogP contribution in [-0.4, -0.2) is 34.6 Å². The van der Waals surface area contributed by atoms with Gasteiger partial charge >= 0.3 is 0 Å². The Hall–Kier alpha value is -0.770. The third-order valence-corrected chi connectivity index (χ3v) is 4.58. The molecule has 0 aromatic carbocycles. The molecule has 0 spiro atoms. The molecule has 17 heavy (non-hydrogen) atoms. The van der Waals surface area contributed by atoms with Gasteiger partial charge < -0.3 is 4.90 Å². The molecule has 0 radical (unpaired) electrons. The van der Waals surface area contributed by atoms with Crippen LogP contribution in [0.2, 0.25) is 0 Å². The Morgan fingerprint density at radius 3 is 2.47 bits per heavy atom. The van der Waals surface area contributed by atoms with E-state index >= 15 is 0 Å². The van der Waals surface area contributed by atoms with Gasteiger partial charge in [0.25, 0.3) is 0 Å². The van der Waals surface area contributed by atoms with E-state index in [0.717, 1.165) is 24.6 Å². The second-order valence-electron chi connectivity index (χ2n) is 4.99. The molecule has 1 aliphatic carbocycles. The summed E-state index contributed by atoms with van der Waals surface area (Å²) in [5, 5.41) is 0. The molecule has 0 bridgehead atoms. The predicted octanol–water partition coefficient (Wildman–Crippen LogP) is 2.52. The van der Waals surface area contributed by atoms with Gasteiger partial charge in [-0.05, 0) is 26.7 Å². The summed E-state index contributed by atoms with van der Waals surface area (Å²) in [6.07, 6.45) is 2.55. The average Bonchev–Trinajstić information content (AvgIpc) is 3.18. The number of hydrogen-bond donors (Lipinski definition) is 0. The zero-order chi connectivity index (χ0) is 11.8. The van der Waals surface area contributed by atoms with Gasteiger partial charge in [-0.1, -0.05) is 0 Å². The van der Waals surface area contributed by atoms with Crippen molar-refractivity contribution in [1.82, 2.24) is 9.97 Å². The number of hydrogen-bond acceptors (Lipinski definition) is 4. The van der Waals surface area contributed by atoms with Crippen molar-refractivity contribution >= 4 is 17.6 Å². The Bertz CT molecular complexity index is 423. The van der Waals surface area contributed by atoms with Crippen LogP contribution in [0.5, 0.6) is 0 Å². The summed E-state index contributed by atoms with van der Waals surface area (Å²) >= 11 is 2.04. The molecule has 0 atom stereocenters. The number of thioether (sulfide) groups is 1. The first-order valence-electron chi connectivity index (χ1n) is 6.43. The van der Waals surface area contributed by atoms with E-state index < -0.39 is 0 Å². The van der Waals surface area contributed by atoms with Gasteiger partial charge in [-0.2, -0.15) is 11.8 Å². The van der Waals surface area contributed by atoms with Gasteiger partial charge in [-0.3, -0.25) is 0 Å². The van der Waals surface area contributed by atoms with Crippen LogP contribution in [0.3, 0.4) is 0 Å².